The molecule has 0 aliphatic carbocycles. The molecule has 35 heavy (non-hydrogen) atoms. The number of carbonyl (C=O) groups excluding carboxylic acids is 2. The van der Waals surface area contributed by atoms with E-state index in [-0.39, 0.29) is 17.3 Å². The van der Waals surface area contributed by atoms with Gasteiger partial charge < -0.3 is 19.6 Å². The van der Waals surface area contributed by atoms with E-state index in [1.54, 1.807) is 46.0 Å². The van der Waals surface area contributed by atoms with Crippen molar-refractivity contribution in [1.82, 2.24) is 14.5 Å². The maximum Gasteiger partial charge on any atom is 0.413 e. The number of H-pyrrole nitrogens is 1. The average Bonchev–Trinajstić information content (AvgIpc) is 3.35. The molecule has 2 amide bonds. The lowest BCUT2D eigenvalue weighted by atomic mass is 10.1. The highest BCUT2D eigenvalue weighted by atomic mass is 16.6. The molecule has 0 fully saturated rings. The Kier molecular flexibility index (Phi) is 6.00. The SMILES string of the molecule is Cn1cc(NC(=O)OC(C)(C)C)nc1C(=O)Nc1ccc(-c2cc3cc([N+](=O)[O-])ccc3[nH]2)cc1. The van der Waals surface area contributed by atoms with Crippen molar-refractivity contribution in [1.29, 1.82) is 0 Å². The molecule has 180 valence electrons. The summed E-state index contributed by atoms with van der Waals surface area (Å²) in [7, 11) is 1.64. The molecule has 0 aliphatic heterocycles. The lowest BCUT2D eigenvalue weighted by molar-refractivity contribution is -0.384. The van der Waals surface area contributed by atoms with Gasteiger partial charge >= 0.3 is 6.09 Å². The number of hydrogen-bond donors (Lipinski definition) is 3. The third-order valence-corrected chi connectivity index (χ3v) is 4.98. The third-order valence-electron chi connectivity index (χ3n) is 4.98. The Hall–Kier alpha value is -4.67. The smallest absolute Gasteiger partial charge is 0.413 e. The summed E-state index contributed by atoms with van der Waals surface area (Å²) in [4.78, 5) is 42.6. The number of aryl methyl sites for hydroxylation is 1. The van der Waals surface area contributed by atoms with Crippen molar-refractivity contribution in [3.8, 4) is 11.3 Å². The third kappa shape index (κ3) is 5.46. The number of nitrogens with one attached hydrogen (secondary N) is 3. The molecule has 0 bridgehead atoms. The molecule has 2 aromatic heterocycles. The molecular weight excluding hydrogens is 452 g/mol. The first-order valence-electron chi connectivity index (χ1n) is 10.7. The molecule has 0 saturated heterocycles. The van der Waals surface area contributed by atoms with Crippen molar-refractivity contribution >= 4 is 40.1 Å². The van der Waals surface area contributed by atoms with Gasteiger partial charge in [0.2, 0.25) is 5.82 Å². The van der Waals surface area contributed by atoms with Crippen LogP contribution in [0.5, 0.6) is 0 Å². The second-order valence-electron chi connectivity index (χ2n) is 8.93. The zero-order valence-corrected chi connectivity index (χ0v) is 19.6. The number of carbonyl (C=O) groups is 2. The lowest BCUT2D eigenvalue weighted by Gasteiger charge is -2.18. The van der Waals surface area contributed by atoms with Gasteiger partial charge in [0.25, 0.3) is 11.6 Å². The minimum atomic E-state index is -0.662. The van der Waals surface area contributed by atoms with Crippen LogP contribution in [0, 0.1) is 10.1 Å². The number of nitrogens with zero attached hydrogens (tertiary/aromatic N) is 3. The fraction of sp³-hybridized carbons (Fsp3) is 0.208. The van der Waals surface area contributed by atoms with Gasteiger partial charge in [-0.05, 0) is 50.6 Å². The predicted molar refractivity (Wildman–Crippen MR) is 131 cm³/mol. The molecule has 2 heterocycles. The number of non-ortho nitro benzene ring substituents is 1. The highest BCUT2D eigenvalue weighted by Gasteiger charge is 2.19. The van der Waals surface area contributed by atoms with Gasteiger partial charge in [-0.15, -0.1) is 0 Å². The fourth-order valence-corrected chi connectivity index (χ4v) is 3.45. The highest BCUT2D eigenvalue weighted by molar-refractivity contribution is 6.02. The van der Waals surface area contributed by atoms with Crippen LogP contribution in [0.15, 0.2) is 54.7 Å². The van der Waals surface area contributed by atoms with Crippen LogP contribution in [0.4, 0.5) is 22.0 Å². The molecule has 0 spiro atoms. The topological polar surface area (TPSA) is 144 Å². The Balaban J connectivity index is 1.45. The summed E-state index contributed by atoms with van der Waals surface area (Å²) < 4.78 is 6.70. The maximum atomic E-state index is 12.7. The van der Waals surface area contributed by atoms with Gasteiger partial charge in [-0.2, -0.15) is 0 Å². The molecule has 11 nitrogen and oxygen atoms in total. The van der Waals surface area contributed by atoms with E-state index in [4.69, 9.17) is 4.74 Å². The first kappa shape index (κ1) is 23.5. The van der Waals surface area contributed by atoms with Crippen molar-refractivity contribution in [2.45, 2.75) is 26.4 Å². The van der Waals surface area contributed by atoms with E-state index >= 15 is 0 Å². The Morgan fingerprint density at radius 1 is 1.09 bits per heavy atom. The summed E-state index contributed by atoms with van der Waals surface area (Å²) in [6.07, 6.45) is 0.854. The number of nitro groups is 1. The standard InChI is InChI=1S/C24H24N6O5/c1-24(2,3)35-23(32)28-20-13-29(4)21(27-20)22(31)25-16-7-5-14(6-8-16)19-12-15-11-17(30(33)34)9-10-18(15)26-19/h5-13,26H,1-4H3,(H,25,31)(H,28,32). The van der Waals surface area contributed by atoms with E-state index < -0.39 is 22.5 Å². The largest absolute Gasteiger partial charge is 0.444 e. The number of nitro benzene ring substituents is 1. The van der Waals surface area contributed by atoms with E-state index in [0.29, 0.717) is 5.69 Å². The first-order valence-corrected chi connectivity index (χ1v) is 10.7. The molecule has 11 heteroatoms. The van der Waals surface area contributed by atoms with Crippen LogP contribution in [0.25, 0.3) is 22.2 Å². The van der Waals surface area contributed by atoms with Crippen molar-refractivity contribution in [3.63, 3.8) is 0 Å². The number of amides is 2. The summed E-state index contributed by atoms with van der Waals surface area (Å²) in [5, 5.41) is 17.0. The van der Waals surface area contributed by atoms with Crippen LogP contribution in [0.2, 0.25) is 0 Å². The molecule has 0 radical (unpaired) electrons. The van der Waals surface area contributed by atoms with Crippen LogP contribution in [0.3, 0.4) is 0 Å². The van der Waals surface area contributed by atoms with Crippen LogP contribution >= 0.6 is 0 Å². The molecule has 0 aliphatic rings. The fourth-order valence-electron chi connectivity index (χ4n) is 3.45. The normalized spacial score (nSPS) is 11.3. The minimum absolute atomic E-state index is 0.0276. The Labute approximate surface area is 200 Å². The maximum absolute atomic E-state index is 12.7. The van der Waals surface area contributed by atoms with E-state index in [0.717, 1.165) is 22.2 Å². The molecule has 0 atom stereocenters. The monoisotopic (exact) mass is 476 g/mol. The zero-order chi connectivity index (χ0) is 25.3. The van der Waals surface area contributed by atoms with E-state index in [1.165, 1.54) is 22.9 Å². The molecule has 4 rings (SSSR count). The molecule has 3 N–H and O–H groups in total. The Morgan fingerprint density at radius 3 is 2.46 bits per heavy atom. The molecule has 4 aromatic rings. The second-order valence-corrected chi connectivity index (χ2v) is 8.93. The average molecular weight is 476 g/mol. The number of anilines is 2. The van der Waals surface area contributed by atoms with Crippen LogP contribution < -0.4 is 10.6 Å². The number of ether oxygens (including phenoxy) is 1. The number of aromatic nitrogens is 3. The van der Waals surface area contributed by atoms with E-state index in [1.807, 2.05) is 18.2 Å². The Bertz CT molecular complexity index is 1430. The molecule has 0 unspecified atom stereocenters. The number of fused-ring (bicyclic) bond motifs is 1. The van der Waals surface area contributed by atoms with Gasteiger partial charge in [0.05, 0.1) is 4.92 Å². The van der Waals surface area contributed by atoms with E-state index in [9.17, 15) is 19.7 Å². The van der Waals surface area contributed by atoms with Crippen molar-refractivity contribution in [3.05, 3.63) is 70.7 Å². The van der Waals surface area contributed by atoms with Crippen molar-refractivity contribution in [2.75, 3.05) is 10.6 Å². The quantitative estimate of drug-likeness (QED) is 0.271. The summed E-state index contributed by atoms with van der Waals surface area (Å²) >= 11 is 0. The summed E-state index contributed by atoms with van der Waals surface area (Å²) in [5.74, 6) is -0.144. The van der Waals surface area contributed by atoms with Crippen LogP contribution in [0.1, 0.15) is 31.4 Å². The van der Waals surface area contributed by atoms with Gasteiger partial charge in [-0.1, -0.05) is 12.1 Å². The highest BCUT2D eigenvalue weighted by Crippen LogP contribution is 2.28. The minimum Gasteiger partial charge on any atom is -0.444 e. The van der Waals surface area contributed by atoms with Crippen molar-refractivity contribution < 1.29 is 19.2 Å². The molecular formula is C24H24N6O5. The summed E-state index contributed by atoms with van der Waals surface area (Å²) in [5.41, 5.74) is 2.35. The van der Waals surface area contributed by atoms with E-state index in [2.05, 4.69) is 20.6 Å². The van der Waals surface area contributed by atoms with Gasteiger partial charge in [-0.3, -0.25) is 20.2 Å². The van der Waals surface area contributed by atoms with Gasteiger partial charge in [0.1, 0.15) is 5.60 Å². The molecule has 0 saturated carbocycles. The van der Waals surface area contributed by atoms with Gasteiger partial charge in [-0.25, -0.2) is 9.78 Å². The number of imidazole rings is 1. The summed E-state index contributed by atoms with van der Waals surface area (Å²) in [6, 6.07) is 13.6. The van der Waals surface area contributed by atoms with Crippen LogP contribution in [-0.2, 0) is 11.8 Å². The number of hydrogen-bond acceptors (Lipinski definition) is 6. The lowest BCUT2D eigenvalue weighted by Crippen LogP contribution is -2.27. The number of benzene rings is 2. The predicted octanol–water partition coefficient (Wildman–Crippen LogP) is 5.08. The Morgan fingerprint density at radius 2 is 1.80 bits per heavy atom. The first-order chi connectivity index (χ1) is 16.5. The van der Waals surface area contributed by atoms with Crippen molar-refractivity contribution in [2.24, 2.45) is 7.05 Å². The summed E-state index contributed by atoms with van der Waals surface area (Å²) in [6.45, 7) is 5.25. The van der Waals surface area contributed by atoms with Gasteiger partial charge in [0.15, 0.2) is 5.82 Å². The molecule has 2 aromatic carbocycles. The van der Waals surface area contributed by atoms with Gasteiger partial charge in [0, 0.05) is 47.7 Å². The zero-order valence-electron chi connectivity index (χ0n) is 19.6. The number of rotatable bonds is 5. The number of aromatic amines is 1. The van der Waals surface area contributed by atoms with Crippen LogP contribution in [-0.4, -0.2) is 37.1 Å². The second kappa shape index (κ2) is 8.93.